The molecule has 0 radical (unpaired) electrons. The monoisotopic (exact) mass is 396 g/mol. The van der Waals surface area contributed by atoms with E-state index in [-0.39, 0.29) is 5.41 Å². The van der Waals surface area contributed by atoms with Gasteiger partial charge in [-0.3, -0.25) is 0 Å². The number of ether oxygens (including phenoxy) is 1. The van der Waals surface area contributed by atoms with E-state index < -0.39 is 0 Å². The highest BCUT2D eigenvalue weighted by molar-refractivity contribution is 5.87. The van der Waals surface area contributed by atoms with Crippen LogP contribution in [0.5, 0.6) is 11.5 Å². The smallest absolute Gasteiger partial charge is 0.135 e. The molecule has 0 spiro atoms. The summed E-state index contributed by atoms with van der Waals surface area (Å²) in [7, 11) is 0. The first-order valence-corrected chi connectivity index (χ1v) is 11.0. The molecule has 4 rings (SSSR count). The maximum absolute atomic E-state index is 6.47. The van der Waals surface area contributed by atoms with Crippen LogP contribution in [0.25, 0.3) is 12.2 Å². The van der Waals surface area contributed by atoms with Crippen molar-refractivity contribution in [2.75, 3.05) is 0 Å². The van der Waals surface area contributed by atoms with Gasteiger partial charge in [0.15, 0.2) is 0 Å². The standard InChI is InChI=1S/C29H32O/c1-8-11-21-17-27-24(15-20(21)4)28(22-12-9-10-13-25(22)29(5,6)7)23-14-18(2)19(3)16-26(23)30-27/h9-10,12-17H,3,8,11H2,1-2,4-7H3. The molecule has 0 unspecified atom stereocenters. The number of hydrogen-bond acceptors (Lipinski definition) is 1. The van der Waals surface area contributed by atoms with Gasteiger partial charge in [0.2, 0.25) is 0 Å². The fourth-order valence-electron chi connectivity index (χ4n) is 4.47. The minimum Gasteiger partial charge on any atom is -0.456 e. The Balaban J connectivity index is 2.14. The van der Waals surface area contributed by atoms with Crippen LogP contribution in [0, 0.1) is 13.8 Å². The molecule has 0 saturated heterocycles. The average molecular weight is 397 g/mol. The molecule has 3 aromatic rings. The van der Waals surface area contributed by atoms with Crippen molar-refractivity contribution >= 4 is 12.2 Å². The van der Waals surface area contributed by atoms with E-state index in [1.54, 1.807) is 0 Å². The molecule has 3 aromatic carbocycles. The van der Waals surface area contributed by atoms with Crippen molar-refractivity contribution in [2.45, 2.75) is 59.8 Å². The van der Waals surface area contributed by atoms with Gasteiger partial charge >= 0.3 is 0 Å². The Hall–Kier alpha value is -2.80. The SMILES string of the molecule is C=c1cc2c(cc1C)=C(c1ccccc1C(C)(C)C)c1cc(C)c(CCC)cc1O2. The molecule has 1 heterocycles. The number of benzene rings is 3. The summed E-state index contributed by atoms with van der Waals surface area (Å²) < 4.78 is 6.47. The van der Waals surface area contributed by atoms with Crippen molar-refractivity contribution < 1.29 is 4.74 Å². The Kier molecular flexibility index (Phi) is 5.10. The lowest BCUT2D eigenvalue weighted by Gasteiger charge is -2.28. The Bertz CT molecular complexity index is 1240. The third-order valence-electron chi connectivity index (χ3n) is 6.16. The predicted molar refractivity (Wildman–Crippen MR) is 128 cm³/mol. The molecule has 1 heteroatoms. The van der Waals surface area contributed by atoms with E-state index in [0.29, 0.717) is 0 Å². The minimum absolute atomic E-state index is 0.0424. The van der Waals surface area contributed by atoms with Gasteiger partial charge in [0, 0.05) is 16.4 Å². The van der Waals surface area contributed by atoms with Crippen molar-refractivity contribution in [1.82, 2.24) is 0 Å². The molecule has 1 aliphatic rings. The maximum atomic E-state index is 6.47. The zero-order valence-electron chi connectivity index (χ0n) is 19.1. The molecule has 0 aliphatic carbocycles. The Morgan fingerprint density at radius 2 is 1.60 bits per heavy atom. The zero-order valence-corrected chi connectivity index (χ0v) is 19.1. The number of fused-ring (bicyclic) bond motifs is 2. The highest BCUT2D eigenvalue weighted by Crippen LogP contribution is 2.40. The fraction of sp³-hybridized carbons (Fsp3) is 0.310. The fourth-order valence-corrected chi connectivity index (χ4v) is 4.47. The third-order valence-corrected chi connectivity index (χ3v) is 6.16. The van der Waals surface area contributed by atoms with Gasteiger partial charge in [0.25, 0.3) is 0 Å². The molecule has 0 bridgehead atoms. The van der Waals surface area contributed by atoms with Gasteiger partial charge in [-0.25, -0.2) is 0 Å². The van der Waals surface area contributed by atoms with Gasteiger partial charge in [0.1, 0.15) is 11.5 Å². The lowest BCUT2D eigenvalue weighted by atomic mass is 9.79. The van der Waals surface area contributed by atoms with Crippen LogP contribution in [0.4, 0.5) is 0 Å². The van der Waals surface area contributed by atoms with Gasteiger partial charge in [-0.1, -0.05) is 65.0 Å². The van der Waals surface area contributed by atoms with Gasteiger partial charge < -0.3 is 4.74 Å². The van der Waals surface area contributed by atoms with Gasteiger partial charge in [-0.15, -0.1) is 0 Å². The summed E-state index contributed by atoms with van der Waals surface area (Å²) in [5, 5.41) is 2.17. The molecular formula is C29H32O. The van der Waals surface area contributed by atoms with Gasteiger partial charge in [-0.2, -0.15) is 0 Å². The van der Waals surface area contributed by atoms with Crippen molar-refractivity contribution in [1.29, 1.82) is 0 Å². The van der Waals surface area contributed by atoms with Crippen LogP contribution in [-0.2, 0) is 11.8 Å². The molecule has 0 aromatic heterocycles. The van der Waals surface area contributed by atoms with Crippen molar-refractivity contribution in [3.8, 4) is 11.5 Å². The Labute approximate surface area is 180 Å². The summed E-state index contributed by atoms with van der Waals surface area (Å²) in [6.07, 6.45) is 2.19. The van der Waals surface area contributed by atoms with Crippen molar-refractivity contribution in [2.24, 2.45) is 0 Å². The van der Waals surface area contributed by atoms with E-state index in [1.807, 2.05) is 0 Å². The van der Waals surface area contributed by atoms with Crippen molar-refractivity contribution in [3.63, 3.8) is 0 Å². The van der Waals surface area contributed by atoms with Crippen LogP contribution >= 0.6 is 0 Å². The van der Waals surface area contributed by atoms with Crippen molar-refractivity contribution in [3.05, 3.63) is 92.3 Å². The summed E-state index contributed by atoms with van der Waals surface area (Å²) in [5.41, 5.74) is 9.02. The summed E-state index contributed by atoms with van der Waals surface area (Å²) in [6.45, 7) is 17.6. The van der Waals surface area contributed by atoms with Crippen LogP contribution < -0.4 is 15.2 Å². The molecule has 0 saturated carbocycles. The normalized spacial score (nSPS) is 12.9. The summed E-state index contributed by atoms with van der Waals surface area (Å²) in [6, 6.07) is 17.7. The molecule has 1 nitrogen and oxygen atoms in total. The van der Waals surface area contributed by atoms with Gasteiger partial charge in [-0.05, 0) is 83.0 Å². The van der Waals surface area contributed by atoms with Crippen LogP contribution in [0.2, 0.25) is 0 Å². The van der Waals surface area contributed by atoms with Crippen LogP contribution in [0.15, 0.2) is 48.5 Å². The zero-order chi connectivity index (χ0) is 21.6. The quantitative estimate of drug-likeness (QED) is 0.394. The summed E-state index contributed by atoms with van der Waals surface area (Å²) in [5.74, 6) is 1.86. The molecule has 0 fully saturated rings. The molecule has 0 amide bonds. The molecule has 0 N–H and O–H groups in total. The maximum Gasteiger partial charge on any atom is 0.135 e. The second-order valence-corrected chi connectivity index (χ2v) is 9.57. The Morgan fingerprint density at radius 1 is 0.867 bits per heavy atom. The second-order valence-electron chi connectivity index (χ2n) is 9.57. The summed E-state index contributed by atoms with van der Waals surface area (Å²) in [4.78, 5) is 0. The minimum atomic E-state index is 0.0424. The molecule has 154 valence electrons. The number of hydrogen-bond donors (Lipinski definition) is 0. The van der Waals surface area contributed by atoms with E-state index in [1.165, 1.54) is 39.0 Å². The van der Waals surface area contributed by atoms with E-state index >= 15 is 0 Å². The highest BCUT2D eigenvalue weighted by atomic mass is 16.5. The number of aryl methyl sites for hydroxylation is 3. The predicted octanol–water partition coefficient (Wildman–Crippen LogP) is 6.32. The van der Waals surface area contributed by atoms with Crippen LogP contribution in [0.3, 0.4) is 0 Å². The molecule has 0 atom stereocenters. The highest BCUT2D eigenvalue weighted by Gasteiger charge is 2.26. The second kappa shape index (κ2) is 7.47. The first kappa shape index (κ1) is 20.5. The van der Waals surface area contributed by atoms with E-state index in [0.717, 1.165) is 34.8 Å². The van der Waals surface area contributed by atoms with Gasteiger partial charge in [0.05, 0.1) is 0 Å². The first-order chi connectivity index (χ1) is 14.2. The lowest BCUT2D eigenvalue weighted by Crippen LogP contribution is -2.23. The molecule has 1 aliphatic heterocycles. The first-order valence-electron chi connectivity index (χ1n) is 11.0. The molecular weight excluding hydrogens is 364 g/mol. The Morgan fingerprint density at radius 3 is 2.30 bits per heavy atom. The van der Waals surface area contributed by atoms with E-state index in [9.17, 15) is 0 Å². The topological polar surface area (TPSA) is 9.23 Å². The van der Waals surface area contributed by atoms with E-state index in [4.69, 9.17) is 4.74 Å². The third kappa shape index (κ3) is 3.47. The lowest BCUT2D eigenvalue weighted by molar-refractivity contribution is 0.470. The average Bonchev–Trinajstić information content (AvgIpc) is 2.68. The van der Waals surface area contributed by atoms with Crippen LogP contribution in [0.1, 0.15) is 67.5 Å². The largest absolute Gasteiger partial charge is 0.456 e. The molecule has 30 heavy (non-hydrogen) atoms. The van der Waals surface area contributed by atoms with E-state index in [2.05, 4.69) is 96.7 Å². The summed E-state index contributed by atoms with van der Waals surface area (Å²) >= 11 is 0. The van der Waals surface area contributed by atoms with Crippen LogP contribution in [-0.4, -0.2) is 0 Å². The number of rotatable bonds is 3.